The Morgan fingerprint density at radius 1 is 1.19 bits per heavy atom. The number of amides is 1. The van der Waals surface area contributed by atoms with Crippen molar-refractivity contribution in [2.45, 2.75) is 0 Å². The minimum absolute atomic E-state index is 0.159. The number of methoxy groups -OCH3 is 1. The number of hydrogen-bond acceptors (Lipinski definition) is 4. The van der Waals surface area contributed by atoms with E-state index in [1.165, 1.54) is 12.0 Å². The number of ether oxygens (including phenoxy) is 1. The fourth-order valence-electron chi connectivity index (χ4n) is 1.85. The Morgan fingerprint density at radius 3 is 2.43 bits per heavy atom. The van der Waals surface area contributed by atoms with Crippen molar-refractivity contribution >= 4 is 34.9 Å². The highest BCUT2D eigenvalue weighted by Crippen LogP contribution is 2.25. The minimum atomic E-state index is -0.432. The number of hydrogen-bond donors (Lipinski definition) is 0. The summed E-state index contributed by atoms with van der Waals surface area (Å²) in [6.45, 7) is 0. The van der Waals surface area contributed by atoms with E-state index >= 15 is 0 Å². The molecule has 2 aromatic rings. The highest BCUT2D eigenvalue weighted by molar-refractivity contribution is 6.30. The first-order chi connectivity index (χ1) is 10.2. The molecule has 0 spiro atoms. The van der Waals surface area contributed by atoms with Crippen LogP contribution in [0.25, 0.3) is 0 Å². The van der Waals surface area contributed by atoms with E-state index in [0.717, 1.165) is 0 Å². The van der Waals surface area contributed by atoms with Crippen molar-refractivity contribution in [1.29, 1.82) is 0 Å². The van der Waals surface area contributed by atoms with Gasteiger partial charge in [0.2, 0.25) is 5.91 Å². The van der Waals surface area contributed by atoms with Crippen molar-refractivity contribution in [2.24, 2.45) is 0 Å². The van der Waals surface area contributed by atoms with E-state index in [4.69, 9.17) is 11.6 Å². The van der Waals surface area contributed by atoms with Crippen molar-refractivity contribution < 1.29 is 14.3 Å². The summed E-state index contributed by atoms with van der Waals surface area (Å²) in [5.74, 6) is -0.873. The Kier molecular flexibility index (Phi) is 4.90. The van der Waals surface area contributed by atoms with E-state index in [9.17, 15) is 9.59 Å². The molecule has 0 radical (unpaired) electrons. The third-order valence-electron chi connectivity index (χ3n) is 2.81. The lowest BCUT2D eigenvalue weighted by molar-refractivity contribution is -0.115. The summed E-state index contributed by atoms with van der Waals surface area (Å²) < 4.78 is 4.64. The van der Waals surface area contributed by atoms with Gasteiger partial charge in [0, 0.05) is 11.9 Å². The molecule has 0 aliphatic heterocycles. The number of alkyl halides is 1. The number of esters is 1. The standard InChI is InChI=1S/C15H13ClN2O3/c1-21-15(20)11-4-6-12(7-5-11)18(14(19)9-16)13-3-2-8-17-10-13/h2-8,10H,9H2,1H3. The molecule has 1 heterocycles. The van der Waals surface area contributed by atoms with Gasteiger partial charge in [-0.25, -0.2) is 4.79 Å². The van der Waals surface area contributed by atoms with Gasteiger partial charge in [0.15, 0.2) is 0 Å². The summed E-state index contributed by atoms with van der Waals surface area (Å²) >= 11 is 5.66. The van der Waals surface area contributed by atoms with E-state index in [0.29, 0.717) is 16.9 Å². The molecule has 1 aromatic carbocycles. The predicted molar refractivity (Wildman–Crippen MR) is 79.9 cm³/mol. The lowest BCUT2D eigenvalue weighted by Gasteiger charge is -2.21. The molecule has 0 fully saturated rings. The van der Waals surface area contributed by atoms with E-state index in [1.807, 2.05) is 0 Å². The molecule has 0 bridgehead atoms. The average Bonchev–Trinajstić information content (AvgIpc) is 2.55. The van der Waals surface area contributed by atoms with Crippen LogP contribution in [0, 0.1) is 0 Å². The maximum atomic E-state index is 12.1. The van der Waals surface area contributed by atoms with Gasteiger partial charge in [0.25, 0.3) is 0 Å². The molecule has 0 atom stereocenters. The van der Waals surface area contributed by atoms with Gasteiger partial charge in [-0.1, -0.05) is 0 Å². The van der Waals surface area contributed by atoms with Crippen LogP contribution in [0.5, 0.6) is 0 Å². The molecule has 1 aromatic heterocycles. The number of halogens is 1. The molecule has 108 valence electrons. The van der Waals surface area contributed by atoms with Gasteiger partial charge in [-0.05, 0) is 36.4 Å². The highest BCUT2D eigenvalue weighted by Gasteiger charge is 2.17. The first-order valence-electron chi connectivity index (χ1n) is 6.14. The second-order valence-corrected chi connectivity index (χ2v) is 4.38. The summed E-state index contributed by atoms with van der Waals surface area (Å²) in [5.41, 5.74) is 1.61. The molecule has 0 N–H and O–H groups in total. The van der Waals surface area contributed by atoms with Crippen LogP contribution in [-0.2, 0) is 9.53 Å². The first kappa shape index (κ1) is 15.0. The number of benzene rings is 1. The van der Waals surface area contributed by atoms with Gasteiger partial charge in [0.05, 0.1) is 24.6 Å². The zero-order valence-electron chi connectivity index (χ0n) is 11.3. The van der Waals surface area contributed by atoms with Crippen LogP contribution in [0.1, 0.15) is 10.4 Å². The Bertz CT molecular complexity index is 629. The Labute approximate surface area is 127 Å². The van der Waals surface area contributed by atoms with Gasteiger partial charge in [-0.3, -0.25) is 14.7 Å². The smallest absolute Gasteiger partial charge is 0.337 e. The van der Waals surface area contributed by atoms with Crippen LogP contribution >= 0.6 is 11.6 Å². The Balaban J connectivity index is 2.38. The molecule has 0 aliphatic rings. The number of carbonyl (C=O) groups is 2. The van der Waals surface area contributed by atoms with Crippen molar-refractivity contribution in [2.75, 3.05) is 17.9 Å². The molecule has 6 heteroatoms. The lowest BCUT2D eigenvalue weighted by Crippen LogP contribution is -2.27. The van der Waals surface area contributed by atoms with Crippen LogP contribution < -0.4 is 4.90 Å². The lowest BCUT2D eigenvalue weighted by atomic mass is 10.2. The van der Waals surface area contributed by atoms with Crippen LogP contribution in [0.2, 0.25) is 0 Å². The second-order valence-electron chi connectivity index (χ2n) is 4.11. The molecule has 1 amide bonds. The molecule has 0 saturated carbocycles. The summed E-state index contributed by atoms with van der Waals surface area (Å²) in [6, 6.07) is 9.98. The second kappa shape index (κ2) is 6.85. The van der Waals surface area contributed by atoms with Crippen molar-refractivity contribution in [3.8, 4) is 0 Å². The highest BCUT2D eigenvalue weighted by atomic mass is 35.5. The summed E-state index contributed by atoms with van der Waals surface area (Å²) in [6.07, 6.45) is 3.19. The molecule has 5 nitrogen and oxygen atoms in total. The van der Waals surface area contributed by atoms with E-state index < -0.39 is 5.97 Å². The monoisotopic (exact) mass is 304 g/mol. The average molecular weight is 305 g/mol. The largest absolute Gasteiger partial charge is 0.465 e. The number of anilines is 2. The van der Waals surface area contributed by atoms with E-state index in [-0.39, 0.29) is 11.8 Å². The van der Waals surface area contributed by atoms with Crippen LogP contribution in [-0.4, -0.2) is 29.9 Å². The maximum absolute atomic E-state index is 12.1. The predicted octanol–water partition coefficient (Wildman–Crippen LogP) is 2.77. The van der Waals surface area contributed by atoms with Gasteiger partial charge >= 0.3 is 5.97 Å². The van der Waals surface area contributed by atoms with Gasteiger partial charge in [-0.15, -0.1) is 11.6 Å². The fraction of sp³-hybridized carbons (Fsp3) is 0.133. The number of pyridine rings is 1. The number of aromatic nitrogens is 1. The molecule has 21 heavy (non-hydrogen) atoms. The van der Waals surface area contributed by atoms with Gasteiger partial charge in [-0.2, -0.15) is 0 Å². The minimum Gasteiger partial charge on any atom is -0.465 e. The van der Waals surface area contributed by atoms with Crippen molar-refractivity contribution in [3.05, 3.63) is 54.4 Å². The van der Waals surface area contributed by atoms with Gasteiger partial charge in [0.1, 0.15) is 5.88 Å². The van der Waals surface area contributed by atoms with Crippen LogP contribution in [0.4, 0.5) is 11.4 Å². The van der Waals surface area contributed by atoms with E-state index in [2.05, 4.69) is 9.72 Å². The van der Waals surface area contributed by atoms with Crippen LogP contribution in [0.3, 0.4) is 0 Å². The van der Waals surface area contributed by atoms with Crippen molar-refractivity contribution in [1.82, 2.24) is 4.98 Å². The Hall–Kier alpha value is -2.40. The summed E-state index contributed by atoms with van der Waals surface area (Å²) in [4.78, 5) is 28.9. The molecular weight excluding hydrogens is 292 g/mol. The topological polar surface area (TPSA) is 59.5 Å². The normalized spacial score (nSPS) is 10.0. The maximum Gasteiger partial charge on any atom is 0.337 e. The molecular formula is C15H13ClN2O3. The summed E-state index contributed by atoms with van der Waals surface area (Å²) in [5, 5.41) is 0. The fourth-order valence-corrected chi connectivity index (χ4v) is 1.97. The van der Waals surface area contributed by atoms with Crippen molar-refractivity contribution in [3.63, 3.8) is 0 Å². The molecule has 0 unspecified atom stereocenters. The third-order valence-corrected chi connectivity index (χ3v) is 3.04. The number of carbonyl (C=O) groups excluding carboxylic acids is 2. The number of rotatable bonds is 4. The zero-order valence-corrected chi connectivity index (χ0v) is 12.1. The third kappa shape index (κ3) is 3.38. The number of nitrogens with zero attached hydrogens (tertiary/aromatic N) is 2. The SMILES string of the molecule is COC(=O)c1ccc(N(C(=O)CCl)c2cccnc2)cc1. The molecule has 0 aliphatic carbocycles. The molecule has 2 rings (SSSR count). The first-order valence-corrected chi connectivity index (χ1v) is 6.68. The van der Waals surface area contributed by atoms with Crippen LogP contribution in [0.15, 0.2) is 48.8 Å². The van der Waals surface area contributed by atoms with Gasteiger partial charge < -0.3 is 4.74 Å². The quantitative estimate of drug-likeness (QED) is 0.644. The Morgan fingerprint density at radius 2 is 1.90 bits per heavy atom. The molecule has 0 saturated heterocycles. The zero-order chi connectivity index (χ0) is 15.2. The van der Waals surface area contributed by atoms with E-state index in [1.54, 1.807) is 48.8 Å². The summed E-state index contributed by atoms with van der Waals surface area (Å²) in [7, 11) is 1.31.